The second-order valence-corrected chi connectivity index (χ2v) is 11.4. The van der Waals surface area contributed by atoms with E-state index >= 15 is 0 Å². The first-order valence-electron chi connectivity index (χ1n) is 15.8. The molecule has 0 atom stereocenters. The molecule has 0 bridgehead atoms. The molecule has 0 aliphatic heterocycles. The van der Waals surface area contributed by atoms with Crippen molar-refractivity contribution in [2.75, 3.05) is 0 Å². The molecule has 0 aliphatic rings. The van der Waals surface area contributed by atoms with Crippen LogP contribution in [0.2, 0.25) is 0 Å². The molecule has 0 unspecified atom stereocenters. The lowest BCUT2D eigenvalue weighted by molar-refractivity contribution is 1.05. The summed E-state index contributed by atoms with van der Waals surface area (Å²) < 4.78 is 0. The highest BCUT2D eigenvalue weighted by atomic mass is 15.1. The Balaban J connectivity index is 1.10. The fourth-order valence-electron chi connectivity index (χ4n) is 5.80. The van der Waals surface area contributed by atoms with Gasteiger partial charge in [0.05, 0.1) is 0 Å². The molecular formula is C43H29N5. The Labute approximate surface area is 279 Å². The van der Waals surface area contributed by atoms with Gasteiger partial charge in [0, 0.05) is 18.0 Å². The van der Waals surface area contributed by atoms with Crippen molar-refractivity contribution in [1.29, 1.82) is 0 Å². The molecule has 226 valence electrons. The molecule has 0 saturated heterocycles. The van der Waals surface area contributed by atoms with Gasteiger partial charge >= 0.3 is 0 Å². The molecule has 5 nitrogen and oxygen atoms in total. The molecule has 3 aromatic heterocycles. The monoisotopic (exact) mass is 615 g/mol. The molecule has 0 aliphatic carbocycles. The van der Waals surface area contributed by atoms with Crippen molar-refractivity contribution in [3.8, 4) is 78.9 Å². The zero-order valence-electron chi connectivity index (χ0n) is 26.0. The van der Waals surface area contributed by atoms with Crippen molar-refractivity contribution in [1.82, 2.24) is 24.9 Å². The summed E-state index contributed by atoms with van der Waals surface area (Å²) in [5, 5.41) is 0. The largest absolute Gasteiger partial charge is 0.253 e. The smallest absolute Gasteiger partial charge is 0.182 e. The van der Waals surface area contributed by atoms with Gasteiger partial charge in [-0.3, -0.25) is 9.97 Å². The average molecular weight is 616 g/mol. The molecule has 3 heterocycles. The Morgan fingerprint density at radius 3 is 1.06 bits per heavy atom. The normalized spacial score (nSPS) is 10.9. The molecule has 5 heteroatoms. The molecule has 0 saturated carbocycles. The number of pyridine rings is 2. The summed E-state index contributed by atoms with van der Waals surface area (Å²) in [5.41, 5.74) is 11.6. The van der Waals surface area contributed by atoms with Gasteiger partial charge in [0.1, 0.15) is 11.4 Å². The predicted octanol–water partition coefficient (Wildman–Crippen LogP) is 10.3. The number of aromatic nitrogens is 5. The number of nitrogens with zero attached hydrogens (tertiary/aromatic N) is 5. The van der Waals surface area contributed by atoms with E-state index in [4.69, 9.17) is 15.0 Å². The Morgan fingerprint density at radius 1 is 0.250 bits per heavy atom. The molecular weight excluding hydrogens is 587 g/mol. The Hall–Kier alpha value is -6.59. The minimum absolute atomic E-state index is 0.504. The molecule has 5 aromatic carbocycles. The summed E-state index contributed by atoms with van der Waals surface area (Å²) >= 11 is 0. The minimum atomic E-state index is 0.504. The van der Waals surface area contributed by atoms with Crippen LogP contribution in [0.5, 0.6) is 0 Å². The van der Waals surface area contributed by atoms with Gasteiger partial charge in [0.15, 0.2) is 17.5 Å². The van der Waals surface area contributed by atoms with E-state index in [1.165, 1.54) is 22.3 Å². The van der Waals surface area contributed by atoms with Crippen molar-refractivity contribution in [2.45, 2.75) is 0 Å². The van der Waals surface area contributed by atoms with Crippen LogP contribution in [0.1, 0.15) is 0 Å². The number of hydrogen-bond acceptors (Lipinski definition) is 5. The second kappa shape index (κ2) is 13.0. The van der Waals surface area contributed by atoms with Crippen molar-refractivity contribution >= 4 is 0 Å². The standard InChI is InChI=1S/C43H29N5/c1-2-11-30(12-3-1)33-13-8-14-34(27-33)31-21-23-32(24-22-31)35-15-9-16-36(28-35)37-17-10-18-38(29-37)41-46-42(39-19-4-6-25-44-39)48-43(47-41)40-20-5-7-26-45-40/h1-29H. The van der Waals surface area contributed by atoms with E-state index in [2.05, 4.69) is 119 Å². The van der Waals surface area contributed by atoms with E-state index < -0.39 is 0 Å². The van der Waals surface area contributed by atoms with Crippen molar-refractivity contribution in [3.05, 3.63) is 176 Å². The number of rotatable bonds is 7. The van der Waals surface area contributed by atoms with Gasteiger partial charge in [-0.25, -0.2) is 15.0 Å². The first kappa shape index (κ1) is 28.9. The minimum Gasteiger partial charge on any atom is -0.253 e. The van der Waals surface area contributed by atoms with Gasteiger partial charge in [-0.1, -0.05) is 121 Å². The molecule has 8 rings (SSSR count). The van der Waals surface area contributed by atoms with Crippen LogP contribution < -0.4 is 0 Å². The van der Waals surface area contributed by atoms with E-state index in [0.29, 0.717) is 28.9 Å². The van der Waals surface area contributed by atoms with Crippen LogP contribution >= 0.6 is 0 Å². The maximum atomic E-state index is 4.84. The van der Waals surface area contributed by atoms with Crippen molar-refractivity contribution in [3.63, 3.8) is 0 Å². The lowest BCUT2D eigenvalue weighted by Gasteiger charge is -2.10. The van der Waals surface area contributed by atoms with Crippen LogP contribution in [0.15, 0.2) is 176 Å². The summed E-state index contributed by atoms with van der Waals surface area (Å²) in [6.07, 6.45) is 3.48. The van der Waals surface area contributed by atoms with E-state index in [1.54, 1.807) is 12.4 Å². The first-order valence-corrected chi connectivity index (χ1v) is 15.8. The average Bonchev–Trinajstić information content (AvgIpc) is 3.19. The fourth-order valence-corrected chi connectivity index (χ4v) is 5.80. The summed E-state index contributed by atoms with van der Waals surface area (Å²) in [7, 11) is 0. The first-order chi connectivity index (χ1) is 23.8. The molecule has 0 radical (unpaired) electrons. The topological polar surface area (TPSA) is 64.5 Å². The van der Waals surface area contributed by atoms with Gasteiger partial charge in [-0.2, -0.15) is 0 Å². The highest BCUT2D eigenvalue weighted by Gasteiger charge is 2.14. The van der Waals surface area contributed by atoms with Gasteiger partial charge in [-0.05, 0) is 87.0 Å². The molecule has 0 amide bonds. The van der Waals surface area contributed by atoms with Crippen molar-refractivity contribution in [2.24, 2.45) is 0 Å². The van der Waals surface area contributed by atoms with Crippen LogP contribution in [0.3, 0.4) is 0 Å². The third kappa shape index (κ3) is 6.13. The number of hydrogen-bond donors (Lipinski definition) is 0. The molecule has 0 spiro atoms. The summed E-state index contributed by atoms with van der Waals surface area (Å²) in [4.78, 5) is 23.4. The van der Waals surface area contributed by atoms with E-state index in [1.807, 2.05) is 54.6 Å². The maximum Gasteiger partial charge on any atom is 0.182 e. The highest BCUT2D eigenvalue weighted by molar-refractivity contribution is 5.78. The van der Waals surface area contributed by atoms with Gasteiger partial charge in [0.25, 0.3) is 0 Å². The van der Waals surface area contributed by atoms with E-state index in [-0.39, 0.29) is 0 Å². The van der Waals surface area contributed by atoms with Crippen LogP contribution in [0.4, 0.5) is 0 Å². The highest BCUT2D eigenvalue weighted by Crippen LogP contribution is 2.32. The molecule has 8 aromatic rings. The van der Waals surface area contributed by atoms with Gasteiger partial charge in [0.2, 0.25) is 0 Å². The molecule has 0 N–H and O–H groups in total. The van der Waals surface area contributed by atoms with Crippen LogP contribution in [0, 0.1) is 0 Å². The van der Waals surface area contributed by atoms with E-state index in [0.717, 1.165) is 27.8 Å². The summed E-state index contributed by atoms with van der Waals surface area (Å²) in [5.74, 6) is 1.57. The Morgan fingerprint density at radius 2 is 0.604 bits per heavy atom. The van der Waals surface area contributed by atoms with Crippen LogP contribution in [-0.4, -0.2) is 24.9 Å². The Kier molecular flexibility index (Phi) is 7.83. The molecule has 48 heavy (non-hydrogen) atoms. The molecule has 0 fully saturated rings. The lowest BCUT2D eigenvalue weighted by Crippen LogP contribution is -2.01. The van der Waals surface area contributed by atoms with E-state index in [9.17, 15) is 0 Å². The quantitative estimate of drug-likeness (QED) is 0.178. The van der Waals surface area contributed by atoms with Crippen LogP contribution in [0.25, 0.3) is 78.9 Å². The zero-order chi connectivity index (χ0) is 32.1. The second-order valence-electron chi connectivity index (χ2n) is 11.4. The third-order valence-corrected chi connectivity index (χ3v) is 8.26. The van der Waals surface area contributed by atoms with Crippen LogP contribution in [-0.2, 0) is 0 Å². The zero-order valence-corrected chi connectivity index (χ0v) is 26.0. The SMILES string of the molecule is c1ccc(-c2cccc(-c3ccc(-c4cccc(-c5cccc(-c6nc(-c7ccccn7)nc(-c7ccccn7)n6)c5)c4)cc3)c2)cc1. The van der Waals surface area contributed by atoms with Crippen molar-refractivity contribution < 1.29 is 0 Å². The Bertz CT molecular complexity index is 2260. The number of benzene rings is 5. The predicted molar refractivity (Wildman–Crippen MR) is 193 cm³/mol. The lowest BCUT2D eigenvalue weighted by atomic mass is 9.95. The van der Waals surface area contributed by atoms with Gasteiger partial charge in [-0.15, -0.1) is 0 Å². The summed E-state index contributed by atoms with van der Waals surface area (Å²) in [6, 6.07) is 56.3. The third-order valence-electron chi connectivity index (χ3n) is 8.26. The summed E-state index contributed by atoms with van der Waals surface area (Å²) in [6.45, 7) is 0. The van der Waals surface area contributed by atoms with Gasteiger partial charge < -0.3 is 0 Å². The fraction of sp³-hybridized carbons (Fsp3) is 0. The maximum absolute atomic E-state index is 4.84.